The molecule has 188 valence electrons. The van der Waals surface area contributed by atoms with Crippen LogP contribution in [0.3, 0.4) is 0 Å². The molecule has 6 nitrogen and oxygen atoms in total. The number of carbonyl (C=O) groups excluding carboxylic acids is 2. The van der Waals surface area contributed by atoms with Crippen molar-refractivity contribution >= 4 is 28.9 Å². The minimum atomic E-state index is -0.178. The zero-order valence-electron chi connectivity index (χ0n) is 20.9. The van der Waals surface area contributed by atoms with Crippen LogP contribution in [-0.4, -0.2) is 31.5 Å². The Morgan fingerprint density at radius 3 is 2.19 bits per heavy atom. The molecule has 6 heteroatoms. The second kappa shape index (κ2) is 12.9. The van der Waals surface area contributed by atoms with Crippen LogP contribution < -0.4 is 20.3 Å². The summed E-state index contributed by atoms with van der Waals surface area (Å²) in [5, 5.41) is 5.99. The second-order valence-corrected chi connectivity index (χ2v) is 8.48. The fourth-order valence-corrected chi connectivity index (χ4v) is 3.92. The van der Waals surface area contributed by atoms with Crippen molar-refractivity contribution in [2.75, 3.05) is 35.2 Å². The fraction of sp³-hybridized carbons (Fsp3) is 0.161. The van der Waals surface area contributed by atoms with E-state index in [0.717, 1.165) is 17.8 Å². The van der Waals surface area contributed by atoms with Gasteiger partial charge in [-0.15, -0.1) is 0 Å². The van der Waals surface area contributed by atoms with Gasteiger partial charge in [0, 0.05) is 41.7 Å². The Balaban J connectivity index is 1.25. The predicted octanol–water partition coefficient (Wildman–Crippen LogP) is 6.03. The average molecular weight is 494 g/mol. The molecule has 0 aliphatic carbocycles. The summed E-state index contributed by atoms with van der Waals surface area (Å²) in [6, 6.07) is 34.3. The number of hydrogen-bond donors (Lipinski definition) is 2. The van der Waals surface area contributed by atoms with E-state index in [0.29, 0.717) is 30.2 Å². The highest BCUT2D eigenvalue weighted by Crippen LogP contribution is 2.19. The SMILES string of the molecule is CCN(C(=O)c1ccc(NCC(=O)Nc2cccc(OCCc3ccccc3)c2)cc1)c1ccccc1. The number of nitrogens with one attached hydrogen (secondary N) is 2. The molecule has 0 radical (unpaired) electrons. The predicted molar refractivity (Wildman–Crippen MR) is 149 cm³/mol. The van der Waals surface area contributed by atoms with Crippen molar-refractivity contribution in [3.05, 3.63) is 120 Å². The van der Waals surface area contributed by atoms with Crippen molar-refractivity contribution in [3.63, 3.8) is 0 Å². The molecule has 2 amide bonds. The maximum atomic E-state index is 13.0. The van der Waals surface area contributed by atoms with E-state index in [4.69, 9.17) is 4.74 Å². The molecule has 2 N–H and O–H groups in total. The summed E-state index contributed by atoms with van der Waals surface area (Å²) in [4.78, 5) is 27.2. The van der Waals surface area contributed by atoms with E-state index in [2.05, 4.69) is 22.8 Å². The van der Waals surface area contributed by atoms with Gasteiger partial charge in [0.15, 0.2) is 0 Å². The molecule has 0 unspecified atom stereocenters. The Morgan fingerprint density at radius 1 is 0.784 bits per heavy atom. The first kappa shape index (κ1) is 25.5. The lowest BCUT2D eigenvalue weighted by molar-refractivity contribution is -0.114. The van der Waals surface area contributed by atoms with E-state index >= 15 is 0 Å². The van der Waals surface area contributed by atoms with Gasteiger partial charge in [-0.1, -0.05) is 54.6 Å². The van der Waals surface area contributed by atoms with E-state index < -0.39 is 0 Å². The summed E-state index contributed by atoms with van der Waals surface area (Å²) in [5.74, 6) is 0.463. The van der Waals surface area contributed by atoms with Crippen LogP contribution in [0, 0.1) is 0 Å². The van der Waals surface area contributed by atoms with Gasteiger partial charge in [-0.3, -0.25) is 9.59 Å². The summed E-state index contributed by atoms with van der Waals surface area (Å²) in [7, 11) is 0. The quantitative estimate of drug-likeness (QED) is 0.268. The lowest BCUT2D eigenvalue weighted by Gasteiger charge is -2.21. The van der Waals surface area contributed by atoms with Crippen LogP contribution in [0.2, 0.25) is 0 Å². The van der Waals surface area contributed by atoms with Gasteiger partial charge in [-0.05, 0) is 61.0 Å². The van der Waals surface area contributed by atoms with Crippen LogP contribution in [0.1, 0.15) is 22.8 Å². The Labute approximate surface area is 217 Å². The summed E-state index contributed by atoms with van der Waals surface area (Å²) in [6.07, 6.45) is 0.814. The van der Waals surface area contributed by atoms with E-state index in [-0.39, 0.29) is 18.4 Å². The third kappa shape index (κ3) is 7.45. The van der Waals surface area contributed by atoms with Gasteiger partial charge in [-0.25, -0.2) is 0 Å². The molecule has 0 aliphatic heterocycles. The van der Waals surface area contributed by atoms with Crippen molar-refractivity contribution in [3.8, 4) is 5.75 Å². The molecule has 4 aromatic carbocycles. The molecular weight excluding hydrogens is 462 g/mol. The summed E-state index contributed by atoms with van der Waals surface area (Å²) in [6.45, 7) is 3.18. The van der Waals surface area contributed by atoms with Gasteiger partial charge in [0.05, 0.1) is 13.2 Å². The monoisotopic (exact) mass is 493 g/mol. The average Bonchev–Trinajstić information content (AvgIpc) is 2.94. The van der Waals surface area contributed by atoms with Gasteiger partial charge in [0.25, 0.3) is 5.91 Å². The summed E-state index contributed by atoms with van der Waals surface area (Å²) >= 11 is 0. The first-order valence-electron chi connectivity index (χ1n) is 12.4. The van der Waals surface area contributed by atoms with Crippen molar-refractivity contribution < 1.29 is 14.3 Å². The van der Waals surface area contributed by atoms with Gasteiger partial charge >= 0.3 is 0 Å². The van der Waals surface area contributed by atoms with Gasteiger partial charge in [0.2, 0.25) is 5.91 Å². The molecule has 0 saturated carbocycles. The normalized spacial score (nSPS) is 10.4. The van der Waals surface area contributed by atoms with Gasteiger partial charge in [-0.2, -0.15) is 0 Å². The molecule has 0 saturated heterocycles. The number of ether oxygens (including phenoxy) is 1. The van der Waals surface area contributed by atoms with E-state index in [1.807, 2.05) is 79.7 Å². The number of carbonyl (C=O) groups is 2. The molecular formula is C31H31N3O3. The number of nitrogens with zero attached hydrogens (tertiary/aromatic N) is 1. The maximum Gasteiger partial charge on any atom is 0.258 e. The maximum absolute atomic E-state index is 13.0. The molecule has 0 heterocycles. The van der Waals surface area contributed by atoms with Gasteiger partial charge in [0.1, 0.15) is 5.75 Å². The first-order valence-corrected chi connectivity index (χ1v) is 12.4. The van der Waals surface area contributed by atoms with E-state index in [9.17, 15) is 9.59 Å². The third-order valence-corrected chi connectivity index (χ3v) is 5.83. The molecule has 4 aromatic rings. The molecule has 0 aromatic heterocycles. The van der Waals surface area contributed by atoms with Crippen molar-refractivity contribution in [2.45, 2.75) is 13.3 Å². The van der Waals surface area contributed by atoms with E-state index in [1.54, 1.807) is 29.2 Å². The zero-order valence-corrected chi connectivity index (χ0v) is 20.9. The zero-order chi connectivity index (χ0) is 25.9. The Morgan fingerprint density at radius 2 is 1.49 bits per heavy atom. The van der Waals surface area contributed by atoms with E-state index in [1.165, 1.54) is 5.56 Å². The molecule has 0 spiro atoms. The largest absolute Gasteiger partial charge is 0.493 e. The Bertz CT molecular complexity index is 1290. The highest BCUT2D eigenvalue weighted by molar-refractivity contribution is 6.06. The van der Waals surface area contributed by atoms with Crippen LogP contribution >= 0.6 is 0 Å². The Hall–Kier alpha value is -4.58. The standard InChI is InChI=1S/C31H31N3O3/c1-2-34(28-13-7-4-8-14-28)31(36)25-16-18-26(19-17-25)32-23-30(35)33-27-12-9-15-29(22-27)37-21-20-24-10-5-3-6-11-24/h3-19,22,32H,2,20-21,23H2,1H3,(H,33,35). The summed E-state index contributed by atoms with van der Waals surface area (Å²) < 4.78 is 5.85. The van der Waals surface area contributed by atoms with Crippen molar-refractivity contribution in [1.29, 1.82) is 0 Å². The minimum absolute atomic E-state index is 0.0659. The number of hydrogen-bond acceptors (Lipinski definition) is 4. The molecule has 0 bridgehead atoms. The Kier molecular flexibility index (Phi) is 8.92. The first-order chi connectivity index (χ1) is 18.1. The van der Waals surface area contributed by atoms with Crippen LogP contribution in [0.25, 0.3) is 0 Å². The molecule has 4 rings (SSSR count). The van der Waals surface area contributed by atoms with Crippen LogP contribution in [0.5, 0.6) is 5.75 Å². The lowest BCUT2D eigenvalue weighted by Crippen LogP contribution is -2.30. The number of benzene rings is 4. The summed E-state index contributed by atoms with van der Waals surface area (Å²) in [5.41, 5.74) is 4.09. The molecule has 37 heavy (non-hydrogen) atoms. The highest BCUT2D eigenvalue weighted by atomic mass is 16.5. The number of para-hydroxylation sites is 1. The van der Waals surface area contributed by atoms with Crippen LogP contribution in [0.4, 0.5) is 17.1 Å². The van der Waals surface area contributed by atoms with Crippen molar-refractivity contribution in [1.82, 2.24) is 0 Å². The smallest absolute Gasteiger partial charge is 0.258 e. The topological polar surface area (TPSA) is 70.7 Å². The third-order valence-electron chi connectivity index (χ3n) is 5.83. The molecule has 0 fully saturated rings. The minimum Gasteiger partial charge on any atom is -0.493 e. The van der Waals surface area contributed by atoms with Gasteiger partial charge < -0.3 is 20.3 Å². The molecule has 0 atom stereocenters. The molecule has 0 aliphatic rings. The number of anilines is 3. The number of rotatable bonds is 11. The van der Waals surface area contributed by atoms with Crippen molar-refractivity contribution in [2.24, 2.45) is 0 Å². The second-order valence-electron chi connectivity index (χ2n) is 8.48. The fourth-order valence-electron chi connectivity index (χ4n) is 3.92. The van der Waals surface area contributed by atoms with Crippen LogP contribution in [0.15, 0.2) is 109 Å². The number of amides is 2. The lowest BCUT2D eigenvalue weighted by atomic mass is 10.1. The van der Waals surface area contributed by atoms with Crippen LogP contribution in [-0.2, 0) is 11.2 Å². The highest BCUT2D eigenvalue weighted by Gasteiger charge is 2.15.